The zero-order valence-electron chi connectivity index (χ0n) is 21.2. The van der Waals surface area contributed by atoms with Crippen molar-refractivity contribution in [2.24, 2.45) is 11.8 Å². The van der Waals surface area contributed by atoms with Crippen LogP contribution in [0.5, 0.6) is 0 Å². The molecule has 2 amide bonds. The summed E-state index contributed by atoms with van der Waals surface area (Å²) in [6, 6.07) is 10.7. The molecule has 2 saturated heterocycles. The number of amides is 2. The molecule has 7 rings (SSSR count). The molecule has 5 aliphatic rings. The molecular weight excluding hydrogens is 448 g/mol. The normalized spacial score (nSPS) is 35.3. The van der Waals surface area contributed by atoms with Crippen LogP contribution in [0.3, 0.4) is 0 Å². The van der Waals surface area contributed by atoms with Gasteiger partial charge in [0.1, 0.15) is 5.82 Å². The smallest absolute Gasteiger partial charge is 0.250 e. The first-order chi connectivity index (χ1) is 17.6. The van der Waals surface area contributed by atoms with Crippen molar-refractivity contribution in [2.45, 2.75) is 108 Å². The molecule has 1 N–H and O–H groups in total. The van der Waals surface area contributed by atoms with Crippen LogP contribution in [-0.4, -0.2) is 44.4 Å². The fraction of sp³-hybridized carbons (Fsp3) is 0.633. The third kappa shape index (κ3) is 4.02. The van der Waals surface area contributed by atoms with E-state index in [-0.39, 0.29) is 18.2 Å². The molecule has 2 unspecified atom stereocenters. The van der Waals surface area contributed by atoms with Gasteiger partial charge in [-0.25, -0.2) is 4.98 Å². The molecule has 4 fully saturated rings. The van der Waals surface area contributed by atoms with Gasteiger partial charge in [-0.05, 0) is 68.9 Å². The fourth-order valence-corrected chi connectivity index (χ4v) is 8.69. The number of imide groups is 1. The molecule has 2 aromatic rings. The summed E-state index contributed by atoms with van der Waals surface area (Å²) >= 11 is 0. The largest absolute Gasteiger partial charge is 0.321 e. The number of carbonyl (C=O) groups excluding carboxylic acids is 2. The number of aromatic nitrogens is 2. The highest BCUT2D eigenvalue weighted by atomic mass is 16.2. The summed E-state index contributed by atoms with van der Waals surface area (Å²) in [6.45, 7) is 0. The van der Waals surface area contributed by atoms with Crippen molar-refractivity contribution in [3.63, 3.8) is 0 Å². The van der Waals surface area contributed by atoms with Gasteiger partial charge in [0.05, 0.1) is 17.5 Å². The van der Waals surface area contributed by atoms with E-state index in [4.69, 9.17) is 4.98 Å². The minimum atomic E-state index is -0.328. The highest BCUT2D eigenvalue weighted by molar-refractivity contribution is 6.11. The topological polar surface area (TPSA) is 67.2 Å². The Labute approximate surface area is 213 Å². The van der Waals surface area contributed by atoms with E-state index in [2.05, 4.69) is 33.0 Å². The molecule has 6 atom stereocenters. The number of fused-ring (bicyclic) bond motifs is 5. The zero-order valence-corrected chi connectivity index (χ0v) is 21.2. The SMILES string of the molecule is O=C1C=C(c2nc3ccccc3n2C2C[C@H]3CCC[C@@H](C2)N3C2C[C@H]3CCCC[C@@H](C2)C3)CC(=O)N1. The maximum atomic E-state index is 12.2. The molecule has 36 heavy (non-hydrogen) atoms. The summed E-state index contributed by atoms with van der Waals surface area (Å²) < 4.78 is 2.40. The van der Waals surface area contributed by atoms with Crippen LogP contribution in [0.25, 0.3) is 16.6 Å². The van der Waals surface area contributed by atoms with Crippen molar-refractivity contribution >= 4 is 28.4 Å². The predicted molar refractivity (Wildman–Crippen MR) is 140 cm³/mol. The lowest BCUT2D eigenvalue weighted by molar-refractivity contribution is -0.127. The van der Waals surface area contributed by atoms with E-state index in [1.165, 1.54) is 64.2 Å². The Morgan fingerprint density at radius 1 is 0.778 bits per heavy atom. The van der Waals surface area contributed by atoms with E-state index >= 15 is 0 Å². The van der Waals surface area contributed by atoms with Crippen LogP contribution in [0.1, 0.15) is 95.3 Å². The molecule has 4 bridgehead atoms. The van der Waals surface area contributed by atoms with Gasteiger partial charge in [0.25, 0.3) is 5.91 Å². The summed E-state index contributed by atoms with van der Waals surface area (Å²) in [5.74, 6) is 2.15. The number of nitrogens with one attached hydrogen (secondary N) is 1. The minimum Gasteiger partial charge on any atom is -0.321 e. The quantitative estimate of drug-likeness (QED) is 0.591. The molecule has 2 saturated carbocycles. The molecule has 3 aliphatic heterocycles. The summed E-state index contributed by atoms with van der Waals surface area (Å²) in [7, 11) is 0. The van der Waals surface area contributed by atoms with E-state index in [1.54, 1.807) is 6.08 Å². The number of para-hydroxylation sites is 2. The minimum absolute atomic E-state index is 0.214. The number of hydrogen-bond acceptors (Lipinski definition) is 4. The monoisotopic (exact) mass is 486 g/mol. The van der Waals surface area contributed by atoms with Gasteiger partial charge >= 0.3 is 0 Å². The average molecular weight is 487 g/mol. The van der Waals surface area contributed by atoms with Crippen molar-refractivity contribution in [2.75, 3.05) is 0 Å². The standard InChI is InChI=1S/C30H38N4O2/c35-28-15-21(16-29(36)32-28)30-31-26-10-3-4-11-27(26)34(30)25-17-22-8-5-9-23(18-25)33(22)24-13-19-6-1-2-7-20(12-19)14-24/h3-4,10-11,15,19-20,22-25H,1-2,5-9,12-14,16-18H2,(H,32,35,36)/t19-,20+,22-,23+,24?,25?. The first-order valence-corrected chi connectivity index (χ1v) is 14.4. The van der Waals surface area contributed by atoms with Crippen LogP contribution in [0.15, 0.2) is 30.3 Å². The molecule has 190 valence electrons. The Morgan fingerprint density at radius 3 is 2.22 bits per heavy atom. The second kappa shape index (κ2) is 9.13. The number of imidazole rings is 1. The molecule has 4 heterocycles. The Bertz CT molecular complexity index is 1190. The molecule has 6 heteroatoms. The zero-order chi connectivity index (χ0) is 24.2. The number of nitrogens with zero attached hydrogens (tertiary/aromatic N) is 3. The number of hydrogen-bond donors (Lipinski definition) is 1. The fourth-order valence-electron chi connectivity index (χ4n) is 8.69. The summed E-state index contributed by atoms with van der Waals surface area (Å²) in [4.78, 5) is 32.4. The molecule has 1 aromatic carbocycles. The van der Waals surface area contributed by atoms with E-state index in [1.807, 2.05) is 6.07 Å². The number of benzene rings is 1. The van der Waals surface area contributed by atoms with E-state index in [9.17, 15) is 9.59 Å². The van der Waals surface area contributed by atoms with Gasteiger partial charge in [0, 0.05) is 35.8 Å². The second-order valence-electron chi connectivity index (χ2n) is 12.2. The molecule has 0 spiro atoms. The highest BCUT2D eigenvalue weighted by Gasteiger charge is 2.45. The summed E-state index contributed by atoms with van der Waals surface area (Å²) in [5.41, 5.74) is 2.84. The van der Waals surface area contributed by atoms with E-state index in [0.717, 1.165) is 53.2 Å². The molecule has 0 radical (unpaired) electrons. The van der Waals surface area contributed by atoms with Gasteiger partial charge in [0.2, 0.25) is 5.91 Å². The van der Waals surface area contributed by atoms with Gasteiger partial charge < -0.3 is 4.57 Å². The number of piperidine rings is 2. The van der Waals surface area contributed by atoms with E-state index in [0.29, 0.717) is 18.1 Å². The predicted octanol–water partition coefficient (Wildman–Crippen LogP) is 5.38. The maximum absolute atomic E-state index is 12.2. The van der Waals surface area contributed by atoms with Gasteiger partial charge in [-0.3, -0.25) is 19.8 Å². The van der Waals surface area contributed by atoms with Crippen molar-refractivity contribution in [3.05, 3.63) is 36.2 Å². The summed E-state index contributed by atoms with van der Waals surface area (Å²) in [5, 5.41) is 2.41. The van der Waals surface area contributed by atoms with Gasteiger partial charge in [-0.1, -0.05) is 44.2 Å². The van der Waals surface area contributed by atoms with Gasteiger partial charge in [0.15, 0.2) is 0 Å². The van der Waals surface area contributed by atoms with Crippen molar-refractivity contribution in [1.82, 2.24) is 19.8 Å². The average Bonchev–Trinajstić information content (AvgIpc) is 3.16. The third-order valence-electron chi connectivity index (χ3n) is 9.95. The Kier molecular flexibility index (Phi) is 5.76. The first-order valence-electron chi connectivity index (χ1n) is 14.4. The first kappa shape index (κ1) is 22.7. The number of rotatable bonds is 3. The van der Waals surface area contributed by atoms with Crippen LogP contribution >= 0.6 is 0 Å². The van der Waals surface area contributed by atoms with Crippen LogP contribution in [0, 0.1) is 11.8 Å². The lowest BCUT2D eigenvalue weighted by Crippen LogP contribution is -2.58. The highest BCUT2D eigenvalue weighted by Crippen LogP contribution is 2.47. The molecular formula is C30H38N4O2. The van der Waals surface area contributed by atoms with Crippen LogP contribution in [-0.2, 0) is 9.59 Å². The van der Waals surface area contributed by atoms with Gasteiger partial charge in [-0.15, -0.1) is 0 Å². The maximum Gasteiger partial charge on any atom is 0.250 e. The van der Waals surface area contributed by atoms with E-state index < -0.39 is 0 Å². The van der Waals surface area contributed by atoms with Crippen molar-refractivity contribution < 1.29 is 9.59 Å². The van der Waals surface area contributed by atoms with Crippen LogP contribution in [0.2, 0.25) is 0 Å². The lowest BCUT2D eigenvalue weighted by atomic mass is 9.73. The van der Waals surface area contributed by atoms with Crippen molar-refractivity contribution in [3.8, 4) is 0 Å². The molecule has 1 aromatic heterocycles. The molecule has 6 nitrogen and oxygen atoms in total. The third-order valence-corrected chi connectivity index (χ3v) is 9.95. The van der Waals surface area contributed by atoms with Gasteiger partial charge in [-0.2, -0.15) is 0 Å². The Morgan fingerprint density at radius 2 is 1.50 bits per heavy atom. The summed E-state index contributed by atoms with van der Waals surface area (Å²) in [6.07, 6.45) is 18.1. The molecule has 2 aliphatic carbocycles. The second-order valence-corrected chi connectivity index (χ2v) is 12.2. The Balaban J connectivity index is 1.22. The number of carbonyl (C=O) groups is 2. The lowest BCUT2D eigenvalue weighted by Gasteiger charge is -2.54. The van der Waals surface area contributed by atoms with Crippen LogP contribution < -0.4 is 5.32 Å². The van der Waals surface area contributed by atoms with Crippen LogP contribution in [0.4, 0.5) is 0 Å². The van der Waals surface area contributed by atoms with Crippen molar-refractivity contribution in [1.29, 1.82) is 0 Å². The Hall–Kier alpha value is -2.47.